The first-order valence-corrected chi connectivity index (χ1v) is 9.81. The number of hydrogen-bond acceptors (Lipinski definition) is 5. The van der Waals surface area contributed by atoms with Crippen LogP contribution in [0.1, 0.15) is 35.5 Å². The average Bonchev–Trinajstić information content (AvgIpc) is 2.72. The van der Waals surface area contributed by atoms with Gasteiger partial charge in [-0.2, -0.15) is 0 Å². The predicted molar refractivity (Wildman–Crippen MR) is 97.5 cm³/mol. The van der Waals surface area contributed by atoms with Gasteiger partial charge in [0, 0.05) is 30.6 Å². The third-order valence-electron chi connectivity index (χ3n) is 3.64. The Morgan fingerprint density at radius 3 is 2.36 bits per heavy atom. The fourth-order valence-electron chi connectivity index (χ4n) is 2.55. The molecule has 0 saturated heterocycles. The van der Waals surface area contributed by atoms with Gasteiger partial charge in [-0.05, 0) is 32.9 Å². The molecule has 2 rings (SSSR count). The molecule has 1 aromatic heterocycles. The Morgan fingerprint density at radius 2 is 1.92 bits per heavy atom. The van der Waals surface area contributed by atoms with E-state index in [9.17, 15) is 18.0 Å². The lowest BCUT2D eigenvalue weighted by atomic mass is 10.0. The second-order valence-corrected chi connectivity index (χ2v) is 8.54. The maximum absolute atomic E-state index is 12.8. The molecule has 0 unspecified atom stereocenters. The Kier molecular flexibility index (Phi) is 5.15. The van der Waals surface area contributed by atoms with Gasteiger partial charge in [-0.15, -0.1) is 0 Å². The van der Waals surface area contributed by atoms with Crippen LogP contribution in [0.15, 0.2) is 21.8 Å². The number of benzene rings is 1. The zero-order chi connectivity index (χ0) is 19.1. The number of H-pyrrole nitrogens is 1. The van der Waals surface area contributed by atoms with Gasteiger partial charge < -0.3 is 5.32 Å². The standard InChI is InChI=1S/C16H20ClN3O4S/c1-8(2)18-14-11(25(5,23)24)7-6-10(13(14)17)15(21)12-9(3)19-20(4)16(12)22/h6-8,18-19H,1-5H3. The molecule has 0 radical (unpaired) electrons. The highest BCUT2D eigenvalue weighted by atomic mass is 35.5. The van der Waals surface area contributed by atoms with Crippen LogP contribution in [-0.2, 0) is 16.9 Å². The molecule has 136 valence electrons. The molecule has 0 aliphatic rings. The van der Waals surface area contributed by atoms with Gasteiger partial charge in [0.1, 0.15) is 5.56 Å². The number of ketones is 1. The number of aromatic amines is 1. The Hall–Kier alpha value is -2.06. The summed E-state index contributed by atoms with van der Waals surface area (Å²) in [5.41, 5.74) is 0.155. The molecule has 25 heavy (non-hydrogen) atoms. The van der Waals surface area contributed by atoms with Gasteiger partial charge in [0.15, 0.2) is 9.84 Å². The van der Waals surface area contributed by atoms with Crippen LogP contribution in [0, 0.1) is 6.92 Å². The number of nitrogens with zero attached hydrogens (tertiary/aromatic N) is 1. The fourth-order valence-corrected chi connectivity index (χ4v) is 3.76. The molecule has 0 spiro atoms. The van der Waals surface area contributed by atoms with E-state index in [1.807, 2.05) is 13.8 Å². The number of rotatable bonds is 5. The van der Waals surface area contributed by atoms with Crippen LogP contribution >= 0.6 is 11.6 Å². The van der Waals surface area contributed by atoms with Crippen molar-refractivity contribution in [2.24, 2.45) is 7.05 Å². The van der Waals surface area contributed by atoms with Crippen LogP contribution in [0.2, 0.25) is 5.02 Å². The van der Waals surface area contributed by atoms with Gasteiger partial charge in [0.05, 0.1) is 15.6 Å². The summed E-state index contributed by atoms with van der Waals surface area (Å²) in [6.45, 7) is 5.26. The van der Waals surface area contributed by atoms with Crippen molar-refractivity contribution in [2.45, 2.75) is 31.7 Å². The van der Waals surface area contributed by atoms with Crippen LogP contribution in [-0.4, -0.2) is 36.3 Å². The first-order valence-electron chi connectivity index (χ1n) is 7.54. The van der Waals surface area contributed by atoms with Crippen LogP contribution in [0.4, 0.5) is 5.69 Å². The Bertz CT molecular complexity index is 1000. The lowest BCUT2D eigenvalue weighted by Crippen LogP contribution is -2.21. The summed E-state index contributed by atoms with van der Waals surface area (Å²) in [7, 11) is -2.04. The van der Waals surface area contributed by atoms with Gasteiger partial charge >= 0.3 is 0 Å². The molecule has 2 aromatic rings. The summed E-state index contributed by atoms with van der Waals surface area (Å²) in [4.78, 5) is 25.0. The zero-order valence-electron chi connectivity index (χ0n) is 14.6. The molecule has 2 N–H and O–H groups in total. The molecule has 1 heterocycles. The van der Waals surface area contributed by atoms with Crippen LogP contribution in [0.5, 0.6) is 0 Å². The van der Waals surface area contributed by atoms with Crippen molar-refractivity contribution in [2.75, 3.05) is 11.6 Å². The minimum atomic E-state index is -3.55. The van der Waals surface area contributed by atoms with Gasteiger partial charge in [-0.3, -0.25) is 19.4 Å². The highest BCUT2D eigenvalue weighted by molar-refractivity contribution is 7.90. The number of sulfone groups is 1. The normalized spacial score (nSPS) is 11.8. The summed E-state index contributed by atoms with van der Waals surface area (Å²) < 4.78 is 25.2. The maximum Gasteiger partial charge on any atom is 0.277 e. The molecule has 9 heteroatoms. The van der Waals surface area contributed by atoms with Gasteiger partial charge in [0.2, 0.25) is 5.78 Å². The van der Waals surface area contributed by atoms with Crippen molar-refractivity contribution in [1.29, 1.82) is 0 Å². The largest absolute Gasteiger partial charge is 0.381 e. The van der Waals surface area contributed by atoms with E-state index in [1.54, 1.807) is 6.92 Å². The number of nitrogens with one attached hydrogen (secondary N) is 2. The number of anilines is 1. The summed E-state index contributed by atoms with van der Waals surface area (Å²) in [6, 6.07) is 2.55. The second kappa shape index (κ2) is 6.68. The van der Waals surface area contributed by atoms with Crippen LogP contribution in [0.25, 0.3) is 0 Å². The number of carbonyl (C=O) groups excluding carboxylic acids is 1. The lowest BCUT2D eigenvalue weighted by Gasteiger charge is -2.17. The third-order valence-corrected chi connectivity index (χ3v) is 5.17. The van der Waals surface area contributed by atoms with Gasteiger partial charge in [-0.1, -0.05) is 11.6 Å². The lowest BCUT2D eigenvalue weighted by molar-refractivity contribution is 0.103. The Labute approximate surface area is 150 Å². The molecule has 0 amide bonds. The molecular formula is C16H20ClN3O4S. The minimum Gasteiger partial charge on any atom is -0.381 e. The number of halogens is 1. The van der Waals surface area contributed by atoms with E-state index in [0.29, 0.717) is 5.69 Å². The van der Waals surface area contributed by atoms with Gasteiger partial charge in [-0.25, -0.2) is 8.42 Å². The molecule has 0 saturated carbocycles. The Morgan fingerprint density at radius 1 is 1.32 bits per heavy atom. The molecule has 0 atom stereocenters. The van der Waals surface area contributed by atoms with E-state index in [4.69, 9.17) is 11.6 Å². The molecule has 0 bridgehead atoms. The van der Waals surface area contributed by atoms with Crippen molar-refractivity contribution >= 4 is 32.9 Å². The molecular weight excluding hydrogens is 366 g/mol. The van der Waals surface area contributed by atoms with Crippen molar-refractivity contribution < 1.29 is 13.2 Å². The topological polar surface area (TPSA) is 101 Å². The van der Waals surface area contributed by atoms with E-state index in [2.05, 4.69) is 10.4 Å². The molecule has 7 nitrogen and oxygen atoms in total. The van der Waals surface area contributed by atoms with E-state index in [1.165, 1.54) is 23.9 Å². The SMILES string of the molecule is Cc1[nH]n(C)c(=O)c1C(=O)c1ccc(S(C)(=O)=O)c(NC(C)C)c1Cl. The van der Waals surface area contributed by atoms with Crippen molar-refractivity contribution in [3.63, 3.8) is 0 Å². The van der Waals surface area contributed by atoms with E-state index >= 15 is 0 Å². The summed E-state index contributed by atoms with van der Waals surface area (Å²) in [5, 5.41) is 5.71. The molecule has 1 aromatic carbocycles. The first-order chi connectivity index (χ1) is 11.4. The van der Waals surface area contributed by atoms with Gasteiger partial charge in [0.25, 0.3) is 5.56 Å². The second-order valence-electron chi connectivity index (χ2n) is 6.18. The number of carbonyl (C=O) groups is 1. The third kappa shape index (κ3) is 3.64. The quantitative estimate of drug-likeness (QED) is 0.768. The highest BCUT2D eigenvalue weighted by Crippen LogP contribution is 2.34. The fraction of sp³-hybridized carbons (Fsp3) is 0.375. The molecule has 0 fully saturated rings. The van der Waals surface area contributed by atoms with Crippen molar-refractivity contribution in [1.82, 2.24) is 9.78 Å². The highest BCUT2D eigenvalue weighted by Gasteiger charge is 2.26. The Balaban J connectivity index is 2.71. The van der Waals surface area contributed by atoms with Crippen molar-refractivity contribution in [3.8, 4) is 0 Å². The van der Waals surface area contributed by atoms with E-state index in [0.717, 1.165) is 6.26 Å². The predicted octanol–water partition coefficient (Wildman–Crippen LogP) is 2.13. The average molecular weight is 386 g/mol. The van der Waals surface area contributed by atoms with E-state index in [-0.39, 0.29) is 32.8 Å². The number of aryl methyl sites for hydroxylation is 2. The molecule has 0 aliphatic carbocycles. The number of hydrogen-bond donors (Lipinski definition) is 2. The summed E-state index contributed by atoms with van der Waals surface area (Å²) >= 11 is 6.35. The zero-order valence-corrected chi connectivity index (χ0v) is 16.2. The summed E-state index contributed by atoms with van der Waals surface area (Å²) in [6.07, 6.45) is 1.07. The van der Waals surface area contributed by atoms with Crippen LogP contribution < -0.4 is 10.9 Å². The maximum atomic E-state index is 12.8. The van der Waals surface area contributed by atoms with E-state index < -0.39 is 21.2 Å². The van der Waals surface area contributed by atoms with Crippen LogP contribution in [0.3, 0.4) is 0 Å². The van der Waals surface area contributed by atoms with Crippen molar-refractivity contribution in [3.05, 3.63) is 44.3 Å². The first kappa shape index (κ1) is 19.3. The summed E-state index contributed by atoms with van der Waals surface area (Å²) in [5.74, 6) is -0.559. The monoisotopic (exact) mass is 385 g/mol. The smallest absolute Gasteiger partial charge is 0.277 e. The minimum absolute atomic E-state index is 0.00134. The number of aromatic nitrogens is 2. The molecule has 0 aliphatic heterocycles.